The Kier molecular flexibility index (Phi) is 3.61. The maximum absolute atomic E-state index is 10.6. The van der Waals surface area contributed by atoms with Crippen LogP contribution in [0.1, 0.15) is 9.67 Å². The molecular formula is C17H12O2S. The first kappa shape index (κ1) is 12.6. The van der Waals surface area contributed by atoms with Gasteiger partial charge in [0.05, 0.1) is 4.88 Å². The minimum Gasteiger partial charge on any atom is -0.456 e. The van der Waals surface area contributed by atoms with E-state index in [1.54, 1.807) is 6.07 Å². The van der Waals surface area contributed by atoms with Gasteiger partial charge in [-0.05, 0) is 23.3 Å². The molecule has 0 aliphatic carbocycles. The zero-order valence-electron chi connectivity index (χ0n) is 10.7. The number of benzene rings is 2. The molecule has 2 aromatic carbocycles. The van der Waals surface area contributed by atoms with E-state index >= 15 is 0 Å². The van der Waals surface area contributed by atoms with Crippen LogP contribution in [0.25, 0.3) is 11.1 Å². The lowest BCUT2D eigenvalue weighted by Gasteiger charge is -2.05. The average Bonchev–Trinajstić information content (AvgIpc) is 2.97. The first-order valence-corrected chi connectivity index (χ1v) is 7.10. The Hall–Kier alpha value is -2.39. The summed E-state index contributed by atoms with van der Waals surface area (Å²) in [5.41, 5.74) is 2.33. The maximum Gasteiger partial charge on any atom is 0.160 e. The number of ether oxygens (including phenoxy) is 1. The summed E-state index contributed by atoms with van der Waals surface area (Å²) in [5, 5.41) is 1.83. The molecule has 0 radical (unpaired) electrons. The molecule has 98 valence electrons. The van der Waals surface area contributed by atoms with Gasteiger partial charge in [0.2, 0.25) is 0 Å². The lowest BCUT2D eigenvalue weighted by Crippen LogP contribution is -1.82. The summed E-state index contributed by atoms with van der Waals surface area (Å²) in [6, 6.07) is 19.8. The molecule has 0 fully saturated rings. The molecule has 0 aliphatic heterocycles. The van der Waals surface area contributed by atoms with Gasteiger partial charge in [-0.1, -0.05) is 42.5 Å². The SMILES string of the molecule is O=Cc1cc(Oc2ccc(-c3ccccc3)cc2)cs1. The Morgan fingerprint density at radius 3 is 2.20 bits per heavy atom. The molecule has 0 spiro atoms. The second kappa shape index (κ2) is 5.72. The molecule has 0 atom stereocenters. The van der Waals surface area contributed by atoms with Crippen LogP contribution >= 0.6 is 11.3 Å². The molecule has 3 aromatic rings. The van der Waals surface area contributed by atoms with Crippen LogP contribution in [0.3, 0.4) is 0 Å². The van der Waals surface area contributed by atoms with E-state index in [0.29, 0.717) is 10.6 Å². The number of hydrogen-bond acceptors (Lipinski definition) is 3. The van der Waals surface area contributed by atoms with E-state index in [4.69, 9.17) is 4.74 Å². The third-order valence-electron chi connectivity index (χ3n) is 2.91. The number of carbonyl (C=O) groups is 1. The molecule has 0 bridgehead atoms. The van der Waals surface area contributed by atoms with Crippen molar-refractivity contribution in [1.29, 1.82) is 0 Å². The maximum atomic E-state index is 10.6. The Balaban J connectivity index is 1.78. The van der Waals surface area contributed by atoms with E-state index in [0.717, 1.165) is 17.6 Å². The van der Waals surface area contributed by atoms with Gasteiger partial charge in [0.15, 0.2) is 6.29 Å². The van der Waals surface area contributed by atoms with Crippen molar-refractivity contribution < 1.29 is 9.53 Å². The van der Waals surface area contributed by atoms with Crippen molar-refractivity contribution in [3.63, 3.8) is 0 Å². The van der Waals surface area contributed by atoms with Crippen LogP contribution in [-0.2, 0) is 0 Å². The van der Waals surface area contributed by atoms with E-state index in [1.165, 1.54) is 16.9 Å². The van der Waals surface area contributed by atoms with Crippen LogP contribution in [0.4, 0.5) is 0 Å². The molecule has 0 unspecified atom stereocenters. The fraction of sp³-hybridized carbons (Fsp3) is 0. The minimum atomic E-state index is 0.668. The molecular weight excluding hydrogens is 268 g/mol. The van der Waals surface area contributed by atoms with Crippen molar-refractivity contribution in [2.45, 2.75) is 0 Å². The molecule has 3 rings (SSSR count). The molecule has 1 heterocycles. The van der Waals surface area contributed by atoms with Gasteiger partial charge in [-0.15, -0.1) is 11.3 Å². The van der Waals surface area contributed by atoms with Crippen LogP contribution in [-0.4, -0.2) is 6.29 Å². The van der Waals surface area contributed by atoms with E-state index < -0.39 is 0 Å². The minimum absolute atomic E-state index is 0.668. The van der Waals surface area contributed by atoms with Crippen LogP contribution < -0.4 is 4.74 Å². The number of carbonyl (C=O) groups excluding carboxylic acids is 1. The highest BCUT2D eigenvalue weighted by Gasteiger charge is 2.02. The van der Waals surface area contributed by atoms with E-state index in [-0.39, 0.29) is 0 Å². The molecule has 0 N–H and O–H groups in total. The second-order valence-electron chi connectivity index (χ2n) is 4.30. The third kappa shape index (κ3) is 2.78. The van der Waals surface area contributed by atoms with Gasteiger partial charge in [-0.25, -0.2) is 0 Å². The predicted octanol–water partition coefficient (Wildman–Crippen LogP) is 5.02. The van der Waals surface area contributed by atoms with E-state index in [9.17, 15) is 4.79 Å². The van der Waals surface area contributed by atoms with Gasteiger partial charge >= 0.3 is 0 Å². The fourth-order valence-electron chi connectivity index (χ4n) is 1.93. The van der Waals surface area contributed by atoms with E-state index in [1.807, 2.05) is 47.8 Å². The standard InChI is InChI=1S/C17H12O2S/c18-11-17-10-16(12-20-17)19-15-8-6-14(7-9-15)13-4-2-1-3-5-13/h1-12H. The van der Waals surface area contributed by atoms with Crippen molar-refractivity contribution in [1.82, 2.24) is 0 Å². The van der Waals surface area contributed by atoms with Crippen LogP contribution in [0.5, 0.6) is 11.5 Å². The highest BCUT2D eigenvalue weighted by molar-refractivity contribution is 7.11. The summed E-state index contributed by atoms with van der Waals surface area (Å²) in [5.74, 6) is 1.46. The highest BCUT2D eigenvalue weighted by Crippen LogP contribution is 2.28. The number of hydrogen-bond donors (Lipinski definition) is 0. The first-order chi connectivity index (χ1) is 9.85. The van der Waals surface area contributed by atoms with Gasteiger partial charge in [0.1, 0.15) is 11.5 Å². The summed E-state index contributed by atoms with van der Waals surface area (Å²) in [4.78, 5) is 11.3. The molecule has 0 amide bonds. The smallest absolute Gasteiger partial charge is 0.160 e. The first-order valence-electron chi connectivity index (χ1n) is 6.22. The molecule has 20 heavy (non-hydrogen) atoms. The van der Waals surface area contributed by atoms with Crippen molar-refractivity contribution >= 4 is 17.6 Å². The normalized spacial score (nSPS) is 10.2. The second-order valence-corrected chi connectivity index (χ2v) is 5.24. The summed E-state index contributed by atoms with van der Waals surface area (Å²) in [6.07, 6.45) is 0.829. The number of thiophene rings is 1. The van der Waals surface area contributed by atoms with Gasteiger partial charge in [0.25, 0.3) is 0 Å². The van der Waals surface area contributed by atoms with E-state index in [2.05, 4.69) is 12.1 Å². The zero-order chi connectivity index (χ0) is 13.8. The molecule has 0 saturated heterocycles. The number of aldehydes is 1. The van der Waals surface area contributed by atoms with Crippen LogP contribution in [0, 0.1) is 0 Å². The van der Waals surface area contributed by atoms with Gasteiger partial charge in [-0.3, -0.25) is 4.79 Å². The molecule has 3 heteroatoms. The Morgan fingerprint density at radius 1 is 0.850 bits per heavy atom. The third-order valence-corrected chi connectivity index (χ3v) is 3.75. The predicted molar refractivity (Wildman–Crippen MR) is 81.7 cm³/mol. The van der Waals surface area contributed by atoms with Crippen molar-refractivity contribution in [3.05, 3.63) is 70.9 Å². The Morgan fingerprint density at radius 2 is 1.55 bits per heavy atom. The topological polar surface area (TPSA) is 26.3 Å². The Bertz CT molecular complexity index is 699. The lowest BCUT2D eigenvalue weighted by atomic mass is 10.1. The Labute approximate surface area is 121 Å². The van der Waals surface area contributed by atoms with Crippen molar-refractivity contribution in [3.8, 4) is 22.6 Å². The molecule has 0 saturated carbocycles. The zero-order valence-corrected chi connectivity index (χ0v) is 11.5. The molecule has 0 aliphatic rings. The van der Waals surface area contributed by atoms with Crippen molar-refractivity contribution in [2.75, 3.05) is 0 Å². The van der Waals surface area contributed by atoms with Gasteiger partial charge in [-0.2, -0.15) is 0 Å². The quantitative estimate of drug-likeness (QED) is 0.627. The average molecular weight is 280 g/mol. The largest absolute Gasteiger partial charge is 0.456 e. The molecule has 1 aromatic heterocycles. The van der Waals surface area contributed by atoms with Crippen LogP contribution in [0.2, 0.25) is 0 Å². The number of rotatable bonds is 4. The van der Waals surface area contributed by atoms with Gasteiger partial charge < -0.3 is 4.74 Å². The highest BCUT2D eigenvalue weighted by atomic mass is 32.1. The summed E-state index contributed by atoms with van der Waals surface area (Å²) < 4.78 is 5.70. The fourth-order valence-corrected chi connectivity index (χ4v) is 2.54. The van der Waals surface area contributed by atoms with Crippen molar-refractivity contribution in [2.24, 2.45) is 0 Å². The van der Waals surface area contributed by atoms with Crippen LogP contribution in [0.15, 0.2) is 66.0 Å². The monoisotopic (exact) mass is 280 g/mol. The molecule has 2 nitrogen and oxygen atoms in total. The lowest BCUT2D eigenvalue weighted by molar-refractivity contribution is 0.112. The summed E-state index contributed by atoms with van der Waals surface area (Å²) in [7, 11) is 0. The summed E-state index contributed by atoms with van der Waals surface area (Å²) >= 11 is 1.38. The van der Waals surface area contributed by atoms with Gasteiger partial charge in [0, 0.05) is 11.4 Å². The summed E-state index contributed by atoms with van der Waals surface area (Å²) in [6.45, 7) is 0.